The summed E-state index contributed by atoms with van der Waals surface area (Å²) >= 11 is 0. The average molecular weight is 259 g/mol. The molecular formula is C14H17N3O2. The van der Waals surface area contributed by atoms with Crippen LogP contribution in [0.1, 0.15) is 30.1 Å². The van der Waals surface area contributed by atoms with Crippen LogP contribution in [0.5, 0.6) is 5.75 Å². The number of nitrogens with zero attached hydrogens (tertiary/aromatic N) is 2. The third-order valence-corrected chi connectivity index (χ3v) is 3.15. The largest absolute Gasteiger partial charge is 0.497 e. The Morgan fingerprint density at radius 3 is 2.79 bits per heavy atom. The Kier molecular flexibility index (Phi) is 3.46. The van der Waals surface area contributed by atoms with Crippen molar-refractivity contribution in [1.82, 2.24) is 15.5 Å². The predicted molar refractivity (Wildman–Crippen MR) is 70.0 cm³/mol. The molecule has 3 rings (SSSR count). The third-order valence-electron chi connectivity index (χ3n) is 3.15. The van der Waals surface area contributed by atoms with Gasteiger partial charge < -0.3 is 14.6 Å². The van der Waals surface area contributed by atoms with Crippen molar-refractivity contribution in [2.75, 3.05) is 7.11 Å². The van der Waals surface area contributed by atoms with Gasteiger partial charge >= 0.3 is 0 Å². The van der Waals surface area contributed by atoms with Gasteiger partial charge in [0, 0.05) is 6.04 Å². The fourth-order valence-corrected chi connectivity index (χ4v) is 1.87. The maximum absolute atomic E-state index is 5.25. The summed E-state index contributed by atoms with van der Waals surface area (Å²) in [7, 11) is 1.66. The summed E-state index contributed by atoms with van der Waals surface area (Å²) in [5.74, 6) is 2.23. The Morgan fingerprint density at radius 1 is 1.32 bits per heavy atom. The van der Waals surface area contributed by atoms with Crippen LogP contribution in [0.15, 0.2) is 28.8 Å². The van der Waals surface area contributed by atoms with Gasteiger partial charge in [-0.1, -0.05) is 17.3 Å². The van der Waals surface area contributed by atoms with E-state index >= 15 is 0 Å². The highest BCUT2D eigenvalue weighted by Crippen LogP contribution is 2.19. The maximum Gasteiger partial charge on any atom is 0.231 e. The van der Waals surface area contributed by atoms with E-state index in [0.29, 0.717) is 24.9 Å². The van der Waals surface area contributed by atoms with Gasteiger partial charge in [-0.05, 0) is 30.5 Å². The van der Waals surface area contributed by atoms with Crippen LogP contribution in [0.2, 0.25) is 0 Å². The lowest BCUT2D eigenvalue weighted by atomic mass is 10.1. The zero-order valence-corrected chi connectivity index (χ0v) is 10.9. The Bertz CT molecular complexity index is 532. The summed E-state index contributed by atoms with van der Waals surface area (Å²) in [6, 6.07) is 8.53. The van der Waals surface area contributed by atoms with E-state index in [-0.39, 0.29) is 0 Å². The van der Waals surface area contributed by atoms with E-state index in [0.717, 1.165) is 17.1 Å². The van der Waals surface area contributed by atoms with Crippen LogP contribution in [0.25, 0.3) is 0 Å². The Morgan fingerprint density at radius 2 is 2.11 bits per heavy atom. The van der Waals surface area contributed by atoms with Crippen molar-refractivity contribution in [2.24, 2.45) is 0 Å². The van der Waals surface area contributed by atoms with Crippen molar-refractivity contribution in [3.63, 3.8) is 0 Å². The number of nitrogens with one attached hydrogen (secondary N) is 1. The lowest BCUT2D eigenvalue weighted by molar-refractivity contribution is 0.377. The van der Waals surface area contributed by atoms with Crippen LogP contribution in [-0.2, 0) is 13.0 Å². The number of ether oxygens (including phenoxy) is 1. The summed E-state index contributed by atoms with van der Waals surface area (Å²) < 4.78 is 10.4. The molecule has 1 aliphatic rings. The minimum atomic E-state index is 0.651. The van der Waals surface area contributed by atoms with E-state index in [1.165, 1.54) is 12.8 Å². The molecule has 1 aliphatic carbocycles. The minimum absolute atomic E-state index is 0.651. The fraction of sp³-hybridized carbons (Fsp3) is 0.429. The Labute approximate surface area is 112 Å². The summed E-state index contributed by atoms with van der Waals surface area (Å²) in [5, 5.41) is 7.34. The second kappa shape index (κ2) is 5.40. The smallest absolute Gasteiger partial charge is 0.231 e. The van der Waals surface area contributed by atoms with Gasteiger partial charge in [0.2, 0.25) is 5.89 Å². The predicted octanol–water partition coefficient (Wildman–Crippen LogP) is 1.92. The first-order chi connectivity index (χ1) is 9.33. The highest BCUT2D eigenvalue weighted by molar-refractivity contribution is 5.28. The Balaban J connectivity index is 1.58. The van der Waals surface area contributed by atoms with Crippen LogP contribution < -0.4 is 10.1 Å². The first-order valence-electron chi connectivity index (χ1n) is 6.51. The molecule has 0 bridgehead atoms. The van der Waals surface area contributed by atoms with E-state index in [1.807, 2.05) is 24.3 Å². The van der Waals surface area contributed by atoms with Gasteiger partial charge in [0.25, 0.3) is 0 Å². The molecule has 100 valence electrons. The summed E-state index contributed by atoms with van der Waals surface area (Å²) in [6.07, 6.45) is 3.17. The third kappa shape index (κ3) is 3.32. The van der Waals surface area contributed by atoms with E-state index in [1.54, 1.807) is 7.11 Å². The molecule has 1 fully saturated rings. The van der Waals surface area contributed by atoms with Crippen LogP contribution in [0.4, 0.5) is 0 Å². The van der Waals surface area contributed by atoms with Crippen molar-refractivity contribution in [1.29, 1.82) is 0 Å². The van der Waals surface area contributed by atoms with E-state index in [9.17, 15) is 0 Å². The summed E-state index contributed by atoms with van der Waals surface area (Å²) in [4.78, 5) is 4.38. The molecule has 0 atom stereocenters. The van der Waals surface area contributed by atoms with Gasteiger partial charge in [-0.3, -0.25) is 0 Å². The van der Waals surface area contributed by atoms with Crippen molar-refractivity contribution < 1.29 is 9.26 Å². The standard InChI is InChI=1S/C14H17N3O2/c1-18-12-6-2-10(3-7-12)8-14-16-13(17-19-14)9-15-11-4-5-11/h2-3,6-7,11,15H,4-5,8-9H2,1H3. The number of benzene rings is 1. The van der Waals surface area contributed by atoms with Crippen LogP contribution >= 0.6 is 0 Å². The molecular weight excluding hydrogens is 242 g/mol. The van der Waals surface area contributed by atoms with E-state index in [4.69, 9.17) is 9.26 Å². The molecule has 0 aliphatic heterocycles. The Hall–Kier alpha value is -1.88. The maximum atomic E-state index is 5.25. The van der Waals surface area contributed by atoms with Crippen molar-refractivity contribution in [3.8, 4) is 5.75 Å². The molecule has 0 spiro atoms. The zero-order chi connectivity index (χ0) is 13.1. The molecule has 0 unspecified atom stereocenters. The van der Waals surface area contributed by atoms with Gasteiger partial charge in [0.05, 0.1) is 20.1 Å². The van der Waals surface area contributed by atoms with Gasteiger partial charge in [-0.25, -0.2) is 0 Å². The first-order valence-corrected chi connectivity index (χ1v) is 6.51. The minimum Gasteiger partial charge on any atom is -0.497 e. The molecule has 0 saturated heterocycles. The van der Waals surface area contributed by atoms with Gasteiger partial charge in [-0.2, -0.15) is 4.98 Å². The number of rotatable bonds is 6. The van der Waals surface area contributed by atoms with Crippen molar-refractivity contribution >= 4 is 0 Å². The molecule has 1 N–H and O–H groups in total. The van der Waals surface area contributed by atoms with Crippen LogP contribution in [-0.4, -0.2) is 23.3 Å². The topological polar surface area (TPSA) is 60.2 Å². The molecule has 2 aromatic rings. The van der Waals surface area contributed by atoms with Gasteiger partial charge in [0.1, 0.15) is 5.75 Å². The van der Waals surface area contributed by atoms with Crippen LogP contribution in [0.3, 0.4) is 0 Å². The highest BCUT2D eigenvalue weighted by atomic mass is 16.5. The normalized spacial score (nSPS) is 14.6. The number of methoxy groups -OCH3 is 1. The first kappa shape index (κ1) is 12.2. The molecule has 0 radical (unpaired) electrons. The molecule has 5 nitrogen and oxygen atoms in total. The quantitative estimate of drug-likeness (QED) is 0.858. The monoisotopic (exact) mass is 259 g/mol. The van der Waals surface area contributed by atoms with Gasteiger partial charge in [0.15, 0.2) is 5.82 Å². The van der Waals surface area contributed by atoms with E-state index in [2.05, 4.69) is 15.5 Å². The second-order valence-electron chi connectivity index (χ2n) is 4.78. The highest BCUT2D eigenvalue weighted by Gasteiger charge is 2.21. The number of hydrogen-bond donors (Lipinski definition) is 1. The molecule has 0 amide bonds. The van der Waals surface area contributed by atoms with Crippen LogP contribution in [0, 0.1) is 0 Å². The molecule has 1 heterocycles. The number of aromatic nitrogens is 2. The molecule has 1 saturated carbocycles. The second-order valence-corrected chi connectivity index (χ2v) is 4.78. The summed E-state index contributed by atoms with van der Waals surface area (Å²) in [6.45, 7) is 0.691. The van der Waals surface area contributed by atoms with Gasteiger partial charge in [-0.15, -0.1) is 0 Å². The molecule has 19 heavy (non-hydrogen) atoms. The van der Waals surface area contributed by atoms with Crippen molar-refractivity contribution in [2.45, 2.75) is 31.8 Å². The molecule has 1 aromatic carbocycles. The SMILES string of the molecule is COc1ccc(Cc2nc(CNC3CC3)no2)cc1. The lowest BCUT2D eigenvalue weighted by Gasteiger charge is -2.00. The van der Waals surface area contributed by atoms with Crippen molar-refractivity contribution in [3.05, 3.63) is 41.5 Å². The van der Waals surface area contributed by atoms with E-state index < -0.39 is 0 Å². The average Bonchev–Trinajstić information content (AvgIpc) is 3.17. The molecule has 5 heteroatoms. The molecule has 1 aromatic heterocycles. The zero-order valence-electron chi connectivity index (χ0n) is 10.9. The fourth-order valence-electron chi connectivity index (χ4n) is 1.87. The number of hydrogen-bond acceptors (Lipinski definition) is 5. The lowest BCUT2D eigenvalue weighted by Crippen LogP contribution is -2.16. The summed E-state index contributed by atoms with van der Waals surface area (Å²) in [5.41, 5.74) is 1.13.